The molecule has 0 heterocycles. The highest BCUT2D eigenvalue weighted by Gasteiger charge is 2.02. The fraction of sp³-hybridized carbons (Fsp3) is 0.931. The maximum atomic E-state index is 11.9. The molecule has 0 saturated carbocycles. The molecule has 184 valence electrons. The predicted octanol–water partition coefficient (Wildman–Crippen LogP) is 9.92. The summed E-state index contributed by atoms with van der Waals surface area (Å²) in [5.74, 6) is 0.474. The molecule has 0 aromatic heterocycles. The van der Waals surface area contributed by atoms with Crippen LogP contribution in [0.2, 0.25) is 0 Å². The molecule has 0 saturated heterocycles. The Bertz CT molecular complexity index is 364. The maximum absolute atomic E-state index is 11.9. The van der Waals surface area contributed by atoms with Crippen LogP contribution >= 0.6 is 0 Å². The van der Waals surface area contributed by atoms with E-state index in [9.17, 15) is 9.59 Å². The molecule has 2 nitrogen and oxygen atoms in total. The molecule has 0 spiro atoms. The molecule has 0 N–H and O–H groups in total. The minimum absolute atomic E-state index is 0.474. The van der Waals surface area contributed by atoms with Gasteiger partial charge in [-0.05, 0) is 19.3 Å². The third-order valence-corrected chi connectivity index (χ3v) is 6.59. The highest BCUT2D eigenvalue weighted by molar-refractivity contribution is 5.78. The normalized spacial score (nSPS) is 11.1. The molecular formula is C29H56O2. The molecule has 0 bridgehead atoms. The summed E-state index contributed by atoms with van der Waals surface area (Å²) in [5, 5.41) is 0. The molecular weight excluding hydrogens is 380 g/mol. The van der Waals surface area contributed by atoms with Gasteiger partial charge in [0.15, 0.2) is 0 Å². The van der Waals surface area contributed by atoms with E-state index in [2.05, 4.69) is 6.92 Å². The van der Waals surface area contributed by atoms with Crippen molar-refractivity contribution in [1.82, 2.24) is 0 Å². The summed E-state index contributed by atoms with van der Waals surface area (Å²) in [4.78, 5) is 22.2. The summed E-state index contributed by atoms with van der Waals surface area (Å²) in [5.41, 5.74) is 0. The standard InChI is InChI=1S/C29H56O2/c1-2-3-4-5-6-7-8-9-10-11-12-13-14-15-17-20-23-26-29(31)27-24-21-18-16-19-22-25-28-30/h28H,2-27H2,1H3. The minimum Gasteiger partial charge on any atom is -0.303 e. The quantitative estimate of drug-likeness (QED) is 0.0948. The van der Waals surface area contributed by atoms with E-state index >= 15 is 0 Å². The van der Waals surface area contributed by atoms with Gasteiger partial charge in [0.1, 0.15) is 12.1 Å². The molecule has 31 heavy (non-hydrogen) atoms. The second-order valence-corrected chi connectivity index (χ2v) is 9.77. The van der Waals surface area contributed by atoms with Crippen molar-refractivity contribution in [3.63, 3.8) is 0 Å². The zero-order valence-electron chi connectivity index (χ0n) is 21.3. The smallest absolute Gasteiger partial charge is 0.132 e. The lowest BCUT2D eigenvalue weighted by Crippen LogP contribution is -1.97. The fourth-order valence-electron chi connectivity index (χ4n) is 4.43. The lowest BCUT2D eigenvalue weighted by Gasteiger charge is -2.04. The largest absolute Gasteiger partial charge is 0.303 e. The van der Waals surface area contributed by atoms with Gasteiger partial charge in [-0.2, -0.15) is 0 Å². The number of Topliss-reactive ketones (excluding diaryl/α,β-unsaturated/α-hetero) is 1. The van der Waals surface area contributed by atoms with E-state index in [0.717, 1.165) is 44.8 Å². The maximum Gasteiger partial charge on any atom is 0.132 e. The highest BCUT2D eigenvalue weighted by atomic mass is 16.1. The zero-order chi connectivity index (χ0) is 22.7. The van der Waals surface area contributed by atoms with Gasteiger partial charge in [-0.3, -0.25) is 4.79 Å². The lowest BCUT2D eigenvalue weighted by atomic mass is 10.0. The minimum atomic E-state index is 0.474. The van der Waals surface area contributed by atoms with Gasteiger partial charge < -0.3 is 4.79 Å². The van der Waals surface area contributed by atoms with Crippen LogP contribution < -0.4 is 0 Å². The Hall–Kier alpha value is -0.660. The van der Waals surface area contributed by atoms with Crippen molar-refractivity contribution < 1.29 is 9.59 Å². The van der Waals surface area contributed by atoms with Gasteiger partial charge in [0.2, 0.25) is 0 Å². The molecule has 0 aliphatic rings. The summed E-state index contributed by atoms with van der Waals surface area (Å²) >= 11 is 0. The molecule has 0 rings (SSSR count). The van der Waals surface area contributed by atoms with E-state index in [4.69, 9.17) is 0 Å². The number of carbonyl (C=O) groups excluding carboxylic acids is 2. The van der Waals surface area contributed by atoms with Crippen molar-refractivity contribution in [2.45, 2.75) is 174 Å². The lowest BCUT2D eigenvalue weighted by molar-refractivity contribution is -0.119. The zero-order valence-corrected chi connectivity index (χ0v) is 21.3. The van der Waals surface area contributed by atoms with Crippen LogP contribution in [-0.4, -0.2) is 12.1 Å². The van der Waals surface area contributed by atoms with Gasteiger partial charge in [-0.1, -0.05) is 135 Å². The number of hydrogen-bond acceptors (Lipinski definition) is 2. The summed E-state index contributed by atoms with van der Waals surface area (Å²) in [7, 11) is 0. The number of ketones is 1. The molecule has 0 fully saturated rings. The average Bonchev–Trinajstić information content (AvgIpc) is 2.77. The first-order valence-electron chi connectivity index (χ1n) is 14.3. The number of unbranched alkanes of at least 4 members (excludes halogenated alkanes) is 22. The predicted molar refractivity (Wildman–Crippen MR) is 137 cm³/mol. The monoisotopic (exact) mass is 436 g/mol. The number of carbonyl (C=O) groups is 2. The van der Waals surface area contributed by atoms with E-state index < -0.39 is 0 Å². The van der Waals surface area contributed by atoms with Crippen LogP contribution in [0.4, 0.5) is 0 Å². The third-order valence-electron chi connectivity index (χ3n) is 6.59. The Labute approximate surface area is 195 Å². The van der Waals surface area contributed by atoms with Crippen molar-refractivity contribution in [2.24, 2.45) is 0 Å². The molecule has 0 aliphatic heterocycles. The fourth-order valence-corrected chi connectivity index (χ4v) is 4.43. The van der Waals surface area contributed by atoms with Crippen LogP contribution in [0.15, 0.2) is 0 Å². The Kier molecular flexibility index (Phi) is 26.8. The van der Waals surface area contributed by atoms with Gasteiger partial charge in [0.05, 0.1) is 0 Å². The first kappa shape index (κ1) is 30.3. The van der Waals surface area contributed by atoms with E-state index in [0.29, 0.717) is 12.2 Å². The Morgan fingerprint density at radius 2 is 0.742 bits per heavy atom. The van der Waals surface area contributed by atoms with E-state index in [-0.39, 0.29) is 0 Å². The molecule has 0 aromatic rings. The summed E-state index contributed by atoms with van der Waals surface area (Å²) < 4.78 is 0. The highest BCUT2D eigenvalue weighted by Crippen LogP contribution is 2.15. The van der Waals surface area contributed by atoms with Gasteiger partial charge in [0.25, 0.3) is 0 Å². The van der Waals surface area contributed by atoms with Crippen LogP contribution in [0.1, 0.15) is 174 Å². The van der Waals surface area contributed by atoms with Crippen LogP contribution in [0.25, 0.3) is 0 Å². The second-order valence-electron chi connectivity index (χ2n) is 9.77. The van der Waals surface area contributed by atoms with Crippen LogP contribution in [0.5, 0.6) is 0 Å². The van der Waals surface area contributed by atoms with Gasteiger partial charge in [-0.25, -0.2) is 0 Å². The summed E-state index contributed by atoms with van der Waals surface area (Å²) in [6, 6.07) is 0. The van der Waals surface area contributed by atoms with Gasteiger partial charge >= 0.3 is 0 Å². The Morgan fingerprint density at radius 1 is 0.452 bits per heavy atom. The molecule has 0 aromatic carbocycles. The Balaban J connectivity index is 3.12. The summed E-state index contributed by atoms with van der Waals surface area (Å²) in [6.07, 6.45) is 33.7. The van der Waals surface area contributed by atoms with Gasteiger partial charge in [0, 0.05) is 19.3 Å². The van der Waals surface area contributed by atoms with Crippen molar-refractivity contribution >= 4 is 12.1 Å². The summed E-state index contributed by atoms with van der Waals surface area (Å²) in [6.45, 7) is 2.29. The van der Waals surface area contributed by atoms with Crippen LogP contribution in [0, 0.1) is 0 Å². The second kappa shape index (κ2) is 27.4. The van der Waals surface area contributed by atoms with Crippen molar-refractivity contribution in [1.29, 1.82) is 0 Å². The van der Waals surface area contributed by atoms with E-state index in [1.807, 2.05) is 0 Å². The Morgan fingerprint density at radius 3 is 1.06 bits per heavy atom. The molecule has 0 atom stereocenters. The molecule has 2 heteroatoms. The average molecular weight is 437 g/mol. The van der Waals surface area contributed by atoms with Gasteiger partial charge in [-0.15, -0.1) is 0 Å². The number of hydrogen-bond donors (Lipinski definition) is 0. The SMILES string of the molecule is CCCCCCCCCCCCCCCCCCCC(=O)CCCCCCCCC=O. The van der Waals surface area contributed by atoms with Crippen molar-refractivity contribution in [3.8, 4) is 0 Å². The molecule has 0 aliphatic carbocycles. The third kappa shape index (κ3) is 27.3. The first-order chi connectivity index (χ1) is 15.3. The number of rotatable bonds is 27. The van der Waals surface area contributed by atoms with E-state index in [1.54, 1.807) is 0 Å². The van der Waals surface area contributed by atoms with Crippen molar-refractivity contribution in [2.75, 3.05) is 0 Å². The van der Waals surface area contributed by atoms with Crippen molar-refractivity contribution in [3.05, 3.63) is 0 Å². The molecule has 0 unspecified atom stereocenters. The van der Waals surface area contributed by atoms with E-state index in [1.165, 1.54) is 122 Å². The topological polar surface area (TPSA) is 34.1 Å². The molecule has 0 radical (unpaired) electrons. The van der Waals surface area contributed by atoms with Crippen LogP contribution in [0.3, 0.4) is 0 Å². The molecule has 0 amide bonds. The number of aldehydes is 1. The first-order valence-corrected chi connectivity index (χ1v) is 14.3. The van der Waals surface area contributed by atoms with Crippen LogP contribution in [-0.2, 0) is 9.59 Å².